The van der Waals surface area contributed by atoms with Crippen LogP contribution in [0.5, 0.6) is 0 Å². The van der Waals surface area contributed by atoms with Gasteiger partial charge in [0.2, 0.25) is 11.8 Å². The maximum absolute atomic E-state index is 12.3. The number of amides is 2. The zero-order valence-electron chi connectivity index (χ0n) is 41.3. The molecule has 0 bridgehead atoms. The Labute approximate surface area is 423 Å². The molecular formula is C56H72BBrN2O10. The Bertz CT molecular complexity index is 2320. The quantitative estimate of drug-likeness (QED) is 0.0257. The van der Waals surface area contributed by atoms with Gasteiger partial charge in [-0.2, -0.15) is 0 Å². The van der Waals surface area contributed by atoms with Gasteiger partial charge in [0.1, 0.15) is 0 Å². The van der Waals surface area contributed by atoms with Gasteiger partial charge < -0.3 is 39.5 Å². The highest BCUT2D eigenvalue weighted by atomic mass is 79.9. The minimum absolute atomic E-state index is 0.0294. The topological polar surface area (TPSA) is 174 Å². The van der Waals surface area contributed by atoms with Crippen molar-refractivity contribution in [3.63, 3.8) is 0 Å². The van der Waals surface area contributed by atoms with E-state index < -0.39 is 19.3 Å². The molecule has 4 aromatic rings. The summed E-state index contributed by atoms with van der Waals surface area (Å²) in [6, 6.07) is 31.1. The molecule has 0 aliphatic carbocycles. The predicted octanol–water partition coefficient (Wildman–Crippen LogP) is 9.19. The molecular weight excluding hydrogens is 951 g/mol. The molecule has 4 aromatic carbocycles. The molecule has 0 spiro atoms. The Kier molecular flexibility index (Phi) is 25.4. The lowest BCUT2D eigenvalue weighted by atomic mass is 9.77. The molecule has 4 N–H and O–H groups in total. The summed E-state index contributed by atoms with van der Waals surface area (Å²) >= 11 is 3.41. The Morgan fingerprint density at radius 3 is 1.59 bits per heavy atom. The summed E-state index contributed by atoms with van der Waals surface area (Å²) in [6.45, 7) is 5.36. The van der Waals surface area contributed by atoms with Crippen molar-refractivity contribution in [2.45, 2.75) is 128 Å². The highest BCUT2D eigenvalue weighted by molar-refractivity contribution is 9.10. The van der Waals surface area contributed by atoms with E-state index in [0.29, 0.717) is 37.7 Å². The predicted molar refractivity (Wildman–Crippen MR) is 280 cm³/mol. The van der Waals surface area contributed by atoms with Gasteiger partial charge in [-0.15, -0.1) is 0 Å². The van der Waals surface area contributed by atoms with Gasteiger partial charge in [0, 0.05) is 43.2 Å². The van der Waals surface area contributed by atoms with Gasteiger partial charge in [-0.3, -0.25) is 19.2 Å². The van der Waals surface area contributed by atoms with Gasteiger partial charge in [-0.05, 0) is 104 Å². The maximum Gasteiger partial charge on any atom is 0.488 e. The molecule has 2 amide bonds. The van der Waals surface area contributed by atoms with E-state index in [1.807, 2.05) is 102 Å². The van der Waals surface area contributed by atoms with Crippen LogP contribution in [0.15, 0.2) is 126 Å². The Morgan fingerprint density at radius 2 is 1.11 bits per heavy atom. The molecule has 12 nitrogen and oxygen atoms in total. The van der Waals surface area contributed by atoms with E-state index in [-0.39, 0.29) is 35.8 Å². The van der Waals surface area contributed by atoms with E-state index in [1.165, 1.54) is 19.8 Å². The van der Waals surface area contributed by atoms with Crippen molar-refractivity contribution < 1.29 is 48.9 Å². The minimum Gasteiger partial charge on any atom is -0.469 e. The molecule has 2 aliphatic heterocycles. The summed E-state index contributed by atoms with van der Waals surface area (Å²) in [5, 5.41) is 38.7. The number of esters is 2. The normalized spacial score (nSPS) is 16.4. The molecule has 2 saturated heterocycles. The second-order valence-electron chi connectivity index (χ2n) is 17.8. The second-order valence-corrected chi connectivity index (χ2v) is 18.7. The number of aliphatic hydroxyl groups is 2. The van der Waals surface area contributed by atoms with E-state index in [9.17, 15) is 29.4 Å². The first-order chi connectivity index (χ1) is 33.7. The van der Waals surface area contributed by atoms with Gasteiger partial charge in [0.05, 0.1) is 38.5 Å². The van der Waals surface area contributed by atoms with E-state index in [4.69, 9.17) is 10.0 Å². The minimum atomic E-state index is -1.35. The zero-order chi connectivity index (χ0) is 50.8. The number of benzene rings is 4. The van der Waals surface area contributed by atoms with Gasteiger partial charge in [-0.1, -0.05) is 150 Å². The van der Waals surface area contributed by atoms with Crippen molar-refractivity contribution in [3.8, 4) is 11.1 Å². The number of aliphatic hydroxyl groups excluding tert-OH is 2. The van der Waals surface area contributed by atoms with Crippen LogP contribution in [0.4, 0.5) is 0 Å². The number of carbonyl (C=O) groups is 4. The van der Waals surface area contributed by atoms with Gasteiger partial charge in [0.25, 0.3) is 0 Å². The number of likely N-dealkylation sites (tertiary alicyclic amines) is 2. The van der Waals surface area contributed by atoms with Crippen molar-refractivity contribution in [2.24, 2.45) is 0 Å². The molecule has 70 heavy (non-hydrogen) atoms. The first-order valence-electron chi connectivity index (χ1n) is 24.5. The number of halogens is 1. The fourth-order valence-corrected chi connectivity index (χ4v) is 8.97. The summed E-state index contributed by atoms with van der Waals surface area (Å²) in [5.74, 6) is 0.0169. The highest BCUT2D eigenvalue weighted by Crippen LogP contribution is 2.28. The van der Waals surface area contributed by atoms with Gasteiger partial charge in [0.15, 0.2) is 0 Å². The zero-order valence-corrected chi connectivity index (χ0v) is 42.8. The van der Waals surface area contributed by atoms with Crippen LogP contribution in [0.3, 0.4) is 0 Å². The molecule has 6 rings (SSSR count). The van der Waals surface area contributed by atoms with Crippen LogP contribution in [0.2, 0.25) is 0 Å². The van der Waals surface area contributed by atoms with E-state index in [1.54, 1.807) is 18.2 Å². The number of carbonyl (C=O) groups excluding carboxylic acids is 4. The monoisotopic (exact) mass is 1020 g/mol. The van der Waals surface area contributed by atoms with Crippen molar-refractivity contribution in [2.75, 3.05) is 27.3 Å². The van der Waals surface area contributed by atoms with Crippen molar-refractivity contribution in [1.82, 2.24) is 9.80 Å². The molecule has 2 heterocycles. The number of hydrogen-bond donors (Lipinski definition) is 4. The number of aryl methyl sites for hydroxylation is 2. The highest BCUT2D eigenvalue weighted by Gasteiger charge is 2.30. The van der Waals surface area contributed by atoms with Crippen LogP contribution < -0.4 is 5.46 Å². The van der Waals surface area contributed by atoms with E-state index in [2.05, 4.69) is 50.5 Å². The molecule has 14 heteroatoms. The van der Waals surface area contributed by atoms with Crippen molar-refractivity contribution in [3.05, 3.63) is 148 Å². The van der Waals surface area contributed by atoms with Crippen LogP contribution in [0, 0.1) is 13.8 Å². The SMILES string of the molecule is COC(=O)CCCCCCN1C(=O)CC[C@@H]1/C=C/C(O)c1cccc(-c2ccccc2C)c1.COC(=O)CCCCCCN1C(=O)CC[C@@H]1/C=C/C(O)c1cccc(Br)c1.Cc1ccccc1B(O)O. The maximum atomic E-state index is 12.3. The summed E-state index contributed by atoms with van der Waals surface area (Å²) < 4.78 is 10.2. The smallest absolute Gasteiger partial charge is 0.469 e. The molecule has 2 fully saturated rings. The van der Waals surface area contributed by atoms with E-state index >= 15 is 0 Å². The molecule has 0 saturated carbocycles. The largest absolute Gasteiger partial charge is 0.488 e. The molecule has 2 unspecified atom stereocenters. The van der Waals surface area contributed by atoms with Crippen LogP contribution in [0.25, 0.3) is 11.1 Å². The third-order valence-electron chi connectivity index (χ3n) is 12.6. The first kappa shape index (κ1) is 57.2. The molecule has 376 valence electrons. The molecule has 2 aliphatic rings. The standard InChI is InChI=1S/C28H35NO4.C21H28BrNO4.C7H9BO2/c1-21-10-6-7-13-25(21)22-11-9-12-23(20-22)26(30)17-15-24-16-18-27(31)29(24)19-8-4-3-5-14-28(32)33-2;1-27-21(26)9-4-2-3-5-14-23-18(11-13-20(23)25)10-12-19(24)16-7-6-8-17(22)15-16;1-6-4-2-3-5-7(6)8(9)10/h6-7,9-13,15,17,20,24,26,30H,3-5,8,14,16,18-19H2,1-2H3;6-8,10,12,15,18-19,24H,2-5,9,11,13-14H2,1H3;2-5,9-10H,1H3/b17-15+;12-10+;/t24-,26?;18-,19?;/m00./s1. The van der Waals surface area contributed by atoms with Crippen molar-refractivity contribution in [1.29, 1.82) is 0 Å². The number of ether oxygens (including phenoxy) is 2. The Hall–Kier alpha value is -5.38. The number of unbranched alkanes of at least 4 members (excludes halogenated alkanes) is 6. The second kappa shape index (κ2) is 31.1. The summed E-state index contributed by atoms with van der Waals surface area (Å²) in [7, 11) is 1.47. The third-order valence-corrected chi connectivity index (χ3v) is 13.1. The average Bonchev–Trinajstić information content (AvgIpc) is 3.91. The Morgan fingerprint density at radius 1 is 0.643 bits per heavy atom. The summed E-state index contributed by atoms with van der Waals surface area (Å²) in [6.07, 6.45) is 17.1. The van der Waals surface area contributed by atoms with E-state index in [0.717, 1.165) is 103 Å². The van der Waals surface area contributed by atoms with Crippen LogP contribution in [-0.2, 0) is 28.7 Å². The van der Waals surface area contributed by atoms with Gasteiger partial charge >= 0.3 is 19.1 Å². The summed E-state index contributed by atoms with van der Waals surface area (Å²) in [5.41, 5.74) is 6.58. The van der Waals surface area contributed by atoms with Gasteiger partial charge in [-0.25, -0.2) is 0 Å². The lowest BCUT2D eigenvalue weighted by Gasteiger charge is -2.22. The lowest BCUT2D eigenvalue weighted by Crippen LogP contribution is -2.32. The average molecular weight is 1020 g/mol. The fourth-order valence-electron chi connectivity index (χ4n) is 8.55. The van der Waals surface area contributed by atoms with Crippen LogP contribution in [-0.4, -0.2) is 100 Å². The first-order valence-corrected chi connectivity index (χ1v) is 25.3. The summed E-state index contributed by atoms with van der Waals surface area (Å²) in [4.78, 5) is 50.6. The third kappa shape index (κ3) is 19.4. The van der Waals surface area contributed by atoms with Crippen LogP contribution >= 0.6 is 15.9 Å². The lowest BCUT2D eigenvalue weighted by molar-refractivity contribution is -0.141. The molecule has 0 radical (unpaired) electrons. The number of rotatable bonds is 22. The van der Waals surface area contributed by atoms with Crippen LogP contribution in [0.1, 0.15) is 124 Å². The number of methoxy groups -OCH3 is 2. The number of hydrogen-bond acceptors (Lipinski definition) is 10. The van der Waals surface area contributed by atoms with Crippen molar-refractivity contribution >= 4 is 52.3 Å². The molecule has 4 atom stereocenters. The number of nitrogens with zero attached hydrogens (tertiary/aromatic N) is 2. The Balaban J connectivity index is 0.000000258. The fraction of sp³-hybridized carbons (Fsp3) is 0.429. The molecule has 0 aromatic heterocycles.